The molecule has 1 spiro atoms. The lowest BCUT2D eigenvalue weighted by Gasteiger charge is -2.37. The van der Waals surface area contributed by atoms with Crippen molar-refractivity contribution in [3.63, 3.8) is 0 Å². The van der Waals surface area contributed by atoms with Gasteiger partial charge in [0, 0.05) is 29.1 Å². The van der Waals surface area contributed by atoms with Crippen molar-refractivity contribution in [2.45, 2.75) is 24.4 Å². The van der Waals surface area contributed by atoms with Crippen LogP contribution >= 0.6 is 0 Å². The molecule has 3 heterocycles. The molecular formula is C28H21N3O5. The first-order valence-corrected chi connectivity index (χ1v) is 11.6. The van der Waals surface area contributed by atoms with E-state index in [1.54, 1.807) is 12.1 Å². The monoisotopic (exact) mass is 479 g/mol. The van der Waals surface area contributed by atoms with Crippen LogP contribution in [0.15, 0.2) is 78.9 Å². The molecule has 3 aromatic rings. The number of carbonyl (C=O) groups is 3. The lowest BCUT2D eigenvalue weighted by molar-refractivity contribution is -0.384. The zero-order valence-electron chi connectivity index (χ0n) is 19.3. The number of nitrogens with one attached hydrogen (secondary N) is 1. The maximum Gasteiger partial charge on any atom is 0.270 e. The van der Waals surface area contributed by atoms with Crippen LogP contribution in [-0.4, -0.2) is 34.5 Å². The first-order chi connectivity index (χ1) is 17.4. The quantitative estimate of drug-likeness (QED) is 0.342. The Morgan fingerprint density at radius 1 is 1.03 bits per heavy atom. The Labute approximate surface area is 206 Å². The molecule has 1 fully saturated rings. The predicted molar refractivity (Wildman–Crippen MR) is 134 cm³/mol. The summed E-state index contributed by atoms with van der Waals surface area (Å²) in [5, 5.41) is 14.4. The number of anilines is 2. The number of fused-ring (bicyclic) bond motifs is 6. The minimum absolute atomic E-state index is 0.0918. The Bertz CT molecular complexity index is 1510. The average molecular weight is 479 g/mol. The van der Waals surface area contributed by atoms with Gasteiger partial charge in [-0.1, -0.05) is 60.7 Å². The third kappa shape index (κ3) is 2.78. The highest BCUT2D eigenvalue weighted by molar-refractivity contribution is 6.16. The standard InChI is InChI=1S/C28H21N3O5/c1-16(32)25-24(26(33)18-8-6-9-19(15-18)31(35)36)28(20-10-3-4-11-21(20)29-27(28)34)23-14-13-17-7-2-5-12-22(17)30(23)25/h2-15,23-25H,1H3,(H,29,34)/t23-,24+,25-,28-/m1/s1. The number of rotatable bonds is 4. The SMILES string of the molecule is CC(=O)[C@@H]1[C@@H](C(=O)c2cccc([N+](=O)[O-])c2)[C@]2(C(=O)Nc3ccccc32)[C@H]2C=Cc3ccccc3N12. The normalized spacial score (nSPS) is 25.2. The third-order valence-corrected chi connectivity index (χ3v) is 7.58. The van der Waals surface area contributed by atoms with Crippen molar-refractivity contribution >= 4 is 40.6 Å². The highest BCUT2D eigenvalue weighted by atomic mass is 16.6. The van der Waals surface area contributed by atoms with Gasteiger partial charge in [0.1, 0.15) is 5.41 Å². The maximum atomic E-state index is 14.3. The van der Waals surface area contributed by atoms with Crippen molar-refractivity contribution < 1.29 is 19.3 Å². The van der Waals surface area contributed by atoms with Gasteiger partial charge in [-0.05, 0) is 30.2 Å². The molecule has 1 saturated heterocycles. The van der Waals surface area contributed by atoms with Crippen molar-refractivity contribution in [3.05, 3.63) is 106 Å². The van der Waals surface area contributed by atoms with Crippen LogP contribution in [0.1, 0.15) is 28.4 Å². The fourth-order valence-corrected chi connectivity index (χ4v) is 6.22. The van der Waals surface area contributed by atoms with Crippen LogP contribution in [0.4, 0.5) is 17.1 Å². The molecule has 1 N–H and O–H groups in total. The van der Waals surface area contributed by atoms with E-state index < -0.39 is 34.1 Å². The molecular weight excluding hydrogens is 458 g/mol. The number of nitro groups is 1. The molecule has 3 aliphatic rings. The number of amides is 1. The second kappa shape index (κ2) is 7.71. The molecule has 8 nitrogen and oxygen atoms in total. The van der Waals surface area contributed by atoms with Crippen molar-refractivity contribution in [2.24, 2.45) is 5.92 Å². The number of hydrogen-bond donors (Lipinski definition) is 1. The Kier molecular flexibility index (Phi) is 4.69. The number of Topliss-reactive ketones (excluding diaryl/α,β-unsaturated/α-hetero) is 2. The topological polar surface area (TPSA) is 110 Å². The van der Waals surface area contributed by atoms with Gasteiger partial charge in [0.15, 0.2) is 11.6 Å². The molecule has 3 aliphatic heterocycles. The van der Waals surface area contributed by atoms with Crippen LogP contribution in [0, 0.1) is 16.0 Å². The molecule has 6 rings (SSSR count). The Balaban J connectivity index is 1.65. The second-order valence-corrected chi connectivity index (χ2v) is 9.34. The first kappa shape index (κ1) is 21.9. The molecule has 0 aromatic heterocycles. The Morgan fingerprint density at radius 3 is 2.56 bits per heavy atom. The zero-order valence-corrected chi connectivity index (χ0v) is 19.3. The van der Waals surface area contributed by atoms with Gasteiger partial charge in [0.05, 0.1) is 22.9 Å². The highest BCUT2D eigenvalue weighted by Crippen LogP contribution is 2.57. The molecule has 3 aromatic carbocycles. The van der Waals surface area contributed by atoms with Gasteiger partial charge in [-0.15, -0.1) is 0 Å². The van der Waals surface area contributed by atoms with E-state index in [0.717, 1.165) is 11.3 Å². The van der Waals surface area contributed by atoms with Crippen LogP contribution in [0.5, 0.6) is 0 Å². The molecule has 36 heavy (non-hydrogen) atoms. The Hall–Kier alpha value is -4.59. The van der Waals surface area contributed by atoms with E-state index in [1.165, 1.54) is 31.2 Å². The fourth-order valence-electron chi connectivity index (χ4n) is 6.22. The molecule has 0 radical (unpaired) electrons. The summed E-state index contributed by atoms with van der Waals surface area (Å²) in [4.78, 5) is 54.4. The van der Waals surface area contributed by atoms with Gasteiger partial charge < -0.3 is 10.2 Å². The summed E-state index contributed by atoms with van der Waals surface area (Å²) < 4.78 is 0. The highest BCUT2D eigenvalue weighted by Gasteiger charge is 2.69. The van der Waals surface area contributed by atoms with E-state index in [9.17, 15) is 24.5 Å². The second-order valence-electron chi connectivity index (χ2n) is 9.34. The summed E-state index contributed by atoms with van der Waals surface area (Å²) in [6, 6.07) is 18.7. The lowest BCUT2D eigenvalue weighted by Crippen LogP contribution is -2.51. The first-order valence-electron chi connectivity index (χ1n) is 11.6. The van der Waals surface area contributed by atoms with Crippen LogP contribution in [-0.2, 0) is 15.0 Å². The molecule has 4 atom stereocenters. The van der Waals surface area contributed by atoms with Crippen molar-refractivity contribution in [1.82, 2.24) is 0 Å². The number of hydrogen-bond acceptors (Lipinski definition) is 6. The van der Waals surface area contributed by atoms with Crippen molar-refractivity contribution in [1.29, 1.82) is 0 Å². The summed E-state index contributed by atoms with van der Waals surface area (Å²) in [7, 11) is 0. The smallest absolute Gasteiger partial charge is 0.270 e. The molecule has 0 aliphatic carbocycles. The summed E-state index contributed by atoms with van der Waals surface area (Å²) in [5.74, 6) is -2.22. The van der Waals surface area contributed by atoms with E-state index in [2.05, 4.69) is 5.32 Å². The van der Waals surface area contributed by atoms with Gasteiger partial charge in [0.25, 0.3) is 5.69 Å². The number of carbonyl (C=O) groups excluding carboxylic acids is 3. The molecule has 8 heteroatoms. The van der Waals surface area contributed by atoms with Crippen molar-refractivity contribution in [3.8, 4) is 0 Å². The van der Waals surface area contributed by atoms with Gasteiger partial charge in [-0.3, -0.25) is 24.5 Å². The minimum Gasteiger partial charge on any atom is -0.352 e. The molecule has 0 saturated carbocycles. The number of nitro benzene ring substituents is 1. The van der Waals surface area contributed by atoms with Gasteiger partial charge >= 0.3 is 0 Å². The summed E-state index contributed by atoms with van der Waals surface area (Å²) in [6.45, 7) is 1.42. The Morgan fingerprint density at radius 2 is 1.78 bits per heavy atom. The minimum atomic E-state index is -1.40. The van der Waals surface area contributed by atoms with Crippen LogP contribution in [0.2, 0.25) is 0 Å². The van der Waals surface area contributed by atoms with Gasteiger partial charge in [-0.2, -0.15) is 0 Å². The van der Waals surface area contributed by atoms with Gasteiger partial charge in [0.2, 0.25) is 5.91 Å². The lowest BCUT2D eigenvalue weighted by atomic mass is 9.64. The number of benzene rings is 3. The molecule has 178 valence electrons. The molecule has 1 amide bonds. The number of para-hydroxylation sites is 2. The zero-order chi connectivity index (χ0) is 25.2. The largest absolute Gasteiger partial charge is 0.352 e. The summed E-state index contributed by atoms with van der Waals surface area (Å²) >= 11 is 0. The number of nitrogens with zero attached hydrogens (tertiary/aromatic N) is 2. The van der Waals surface area contributed by atoms with E-state index >= 15 is 0 Å². The van der Waals surface area contributed by atoms with E-state index in [1.807, 2.05) is 53.5 Å². The summed E-state index contributed by atoms with van der Waals surface area (Å²) in [6.07, 6.45) is 3.81. The number of non-ortho nitro benzene ring substituents is 1. The summed E-state index contributed by atoms with van der Waals surface area (Å²) in [5.41, 5.74) is 1.33. The molecule has 0 bridgehead atoms. The van der Waals surface area contributed by atoms with Crippen molar-refractivity contribution in [2.75, 3.05) is 10.2 Å². The third-order valence-electron chi connectivity index (χ3n) is 7.58. The average Bonchev–Trinajstić information content (AvgIpc) is 3.37. The number of ketones is 2. The van der Waals surface area contributed by atoms with Gasteiger partial charge in [-0.25, -0.2) is 0 Å². The molecule has 0 unspecified atom stereocenters. The maximum absolute atomic E-state index is 14.3. The predicted octanol–water partition coefficient (Wildman–Crippen LogP) is 4.16. The van der Waals surface area contributed by atoms with Crippen LogP contribution < -0.4 is 10.2 Å². The van der Waals surface area contributed by atoms with Crippen LogP contribution in [0.25, 0.3) is 6.08 Å². The van der Waals surface area contributed by atoms with E-state index in [-0.39, 0.29) is 22.9 Å². The van der Waals surface area contributed by atoms with Crippen LogP contribution in [0.3, 0.4) is 0 Å². The fraction of sp³-hybridized carbons (Fsp3) is 0.179. The van der Waals surface area contributed by atoms with E-state index in [0.29, 0.717) is 11.3 Å². The van der Waals surface area contributed by atoms with E-state index in [4.69, 9.17) is 0 Å².